The molecule has 0 aliphatic rings. The van der Waals surface area contributed by atoms with Crippen molar-refractivity contribution < 1.29 is 9.84 Å². The van der Waals surface area contributed by atoms with E-state index < -0.39 is 0 Å². The molecule has 1 N–H and O–H groups in total. The second-order valence-corrected chi connectivity index (χ2v) is 3.86. The highest BCUT2D eigenvalue weighted by Gasteiger charge is 2.05. The SMILES string of the molecule is COc1ccc(CCO)cc1CN(C)C. The predicted molar refractivity (Wildman–Crippen MR) is 61.2 cm³/mol. The van der Waals surface area contributed by atoms with Crippen LogP contribution >= 0.6 is 0 Å². The molecule has 84 valence electrons. The number of rotatable bonds is 5. The summed E-state index contributed by atoms with van der Waals surface area (Å²) in [5, 5.41) is 8.88. The van der Waals surface area contributed by atoms with Gasteiger partial charge in [0.1, 0.15) is 5.75 Å². The molecule has 3 nitrogen and oxygen atoms in total. The molecule has 0 aliphatic carbocycles. The van der Waals surface area contributed by atoms with Crippen molar-refractivity contribution in [3.05, 3.63) is 29.3 Å². The molecule has 0 heterocycles. The minimum Gasteiger partial charge on any atom is -0.496 e. The summed E-state index contributed by atoms with van der Waals surface area (Å²) in [5.74, 6) is 0.908. The lowest BCUT2D eigenvalue weighted by Crippen LogP contribution is -2.12. The molecule has 1 rings (SSSR count). The number of aliphatic hydroxyl groups excluding tert-OH is 1. The lowest BCUT2D eigenvalue weighted by atomic mass is 10.1. The summed E-state index contributed by atoms with van der Waals surface area (Å²) < 4.78 is 5.29. The molecule has 1 aromatic carbocycles. The molecule has 1 aromatic rings. The maximum atomic E-state index is 8.88. The molecular weight excluding hydrogens is 190 g/mol. The van der Waals surface area contributed by atoms with Crippen molar-refractivity contribution in [1.29, 1.82) is 0 Å². The number of nitrogens with zero attached hydrogens (tertiary/aromatic N) is 1. The monoisotopic (exact) mass is 209 g/mol. The first-order valence-corrected chi connectivity index (χ1v) is 5.08. The standard InChI is InChI=1S/C12H19NO2/c1-13(2)9-11-8-10(6-7-14)4-5-12(11)15-3/h4-5,8,14H,6-7,9H2,1-3H3. The number of benzene rings is 1. The number of hydrogen-bond donors (Lipinski definition) is 1. The van der Waals surface area contributed by atoms with Gasteiger partial charge < -0.3 is 14.7 Å². The fourth-order valence-corrected chi connectivity index (χ4v) is 1.58. The fraction of sp³-hybridized carbons (Fsp3) is 0.500. The van der Waals surface area contributed by atoms with Crippen molar-refractivity contribution in [3.63, 3.8) is 0 Å². The van der Waals surface area contributed by atoms with Gasteiger partial charge in [0.25, 0.3) is 0 Å². The van der Waals surface area contributed by atoms with Gasteiger partial charge in [0, 0.05) is 18.7 Å². The third-order valence-electron chi connectivity index (χ3n) is 2.23. The van der Waals surface area contributed by atoms with Crippen LogP contribution < -0.4 is 4.74 Å². The van der Waals surface area contributed by atoms with Crippen LogP contribution in [0.1, 0.15) is 11.1 Å². The van der Waals surface area contributed by atoms with Crippen LogP contribution in [0.25, 0.3) is 0 Å². The zero-order chi connectivity index (χ0) is 11.3. The average Bonchev–Trinajstić information content (AvgIpc) is 2.18. The van der Waals surface area contributed by atoms with E-state index in [0.717, 1.165) is 23.4 Å². The Balaban J connectivity index is 2.91. The second-order valence-electron chi connectivity index (χ2n) is 3.86. The highest BCUT2D eigenvalue weighted by molar-refractivity contribution is 5.37. The van der Waals surface area contributed by atoms with E-state index in [0.29, 0.717) is 6.42 Å². The van der Waals surface area contributed by atoms with Gasteiger partial charge in [-0.05, 0) is 32.1 Å². The Bertz CT molecular complexity index is 310. The summed E-state index contributed by atoms with van der Waals surface area (Å²) in [6.45, 7) is 1.04. The molecule has 0 saturated carbocycles. The third-order valence-corrected chi connectivity index (χ3v) is 2.23. The van der Waals surface area contributed by atoms with Crippen molar-refractivity contribution >= 4 is 0 Å². The van der Waals surface area contributed by atoms with Crippen LogP contribution in [0.3, 0.4) is 0 Å². The molecule has 3 heteroatoms. The normalized spacial score (nSPS) is 10.7. The Kier molecular flexibility index (Phi) is 4.59. The summed E-state index contributed by atoms with van der Waals surface area (Å²) in [5.41, 5.74) is 2.31. The van der Waals surface area contributed by atoms with Crippen molar-refractivity contribution in [3.8, 4) is 5.75 Å². The van der Waals surface area contributed by atoms with E-state index in [1.807, 2.05) is 26.2 Å². The molecular formula is C12H19NO2. The Morgan fingerprint density at radius 2 is 2.07 bits per heavy atom. The lowest BCUT2D eigenvalue weighted by molar-refractivity contribution is 0.299. The Morgan fingerprint density at radius 3 is 2.60 bits per heavy atom. The van der Waals surface area contributed by atoms with E-state index in [1.165, 1.54) is 0 Å². The zero-order valence-corrected chi connectivity index (χ0v) is 9.66. The van der Waals surface area contributed by atoms with E-state index in [4.69, 9.17) is 9.84 Å². The van der Waals surface area contributed by atoms with Crippen LogP contribution in [0, 0.1) is 0 Å². The van der Waals surface area contributed by atoms with E-state index in [9.17, 15) is 0 Å². The van der Waals surface area contributed by atoms with Crippen molar-refractivity contribution in [1.82, 2.24) is 4.90 Å². The van der Waals surface area contributed by atoms with Crippen LogP contribution in [-0.2, 0) is 13.0 Å². The summed E-state index contributed by atoms with van der Waals surface area (Å²) in [6, 6.07) is 6.05. The summed E-state index contributed by atoms with van der Waals surface area (Å²) >= 11 is 0. The van der Waals surface area contributed by atoms with Crippen LogP contribution in [0.2, 0.25) is 0 Å². The summed E-state index contributed by atoms with van der Waals surface area (Å²) in [7, 11) is 5.73. The van der Waals surface area contributed by atoms with E-state index in [2.05, 4.69) is 11.0 Å². The van der Waals surface area contributed by atoms with Gasteiger partial charge in [-0.3, -0.25) is 0 Å². The third kappa shape index (κ3) is 3.53. The molecule has 0 fully saturated rings. The highest BCUT2D eigenvalue weighted by Crippen LogP contribution is 2.21. The van der Waals surface area contributed by atoms with Crippen molar-refractivity contribution in [2.45, 2.75) is 13.0 Å². The maximum Gasteiger partial charge on any atom is 0.123 e. The Labute approximate surface area is 91.3 Å². The van der Waals surface area contributed by atoms with Gasteiger partial charge in [-0.15, -0.1) is 0 Å². The zero-order valence-electron chi connectivity index (χ0n) is 9.66. The van der Waals surface area contributed by atoms with Gasteiger partial charge in [0.05, 0.1) is 7.11 Å². The molecule has 0 unspecified atom stereocenters. The van der Waals surface area contributed by atoms with Gasteiger partial charge in [0.15, 0.2) is 0 Å². The highest BCUT2D eigenvalue weighted by atomic mass is 16.5. The average molecular weight is 209 g/mol. The number of methoxy groups -OCH3 is 1. The van der Waals surface area contributed by atoms with Gasteiger partial charge in [-0.2, -0.15) is 0 Å². The minimum atomic E-state index is 0.188. The smallest absolute Gasteiger partial charge is 0.123 e. The van der Waals surface area contributed by atoms with E-state index >= 15 is 0 Å². The molecule has 0 bridgehead atoms. The molecule has 0 atom stereocenters. The topological polar surface area (TPSA) is 32.7 Å². The summed E-state index contributed by atoms with van der Waals surface area (Å²) in [6.07, 6.45) is 0.699. The Hall–Kier alpha value is -1.06. The molecule has 15 heavy (non-hydrogen) atoms. The number of hydrogen-bond acceptors (Lipinski definition) is 3. The number of ether oxygens (including phenoxy) is 1. The van der Waals surface area contributed by atoms with Crippen molar-refractivity contribution in [2.75, 3.05) is 27.8 Å². The molecule has 0 radical (unpaired) electrons. The van der Waals surface area contributed by atoms with Gasteiger partial charge in [-0.25, -0.2) is 0 Å². The van der Waals surface area contributed by atoms with Gasteiger partial charge in [-0.1, -0.05) is 12.1 Å². The van der Waals surface area contributed by atoms with E-state index in [1.54, 1.807) is 7.11 Å². The van der Waals surface area contributed by atoms with Crippen LogP contribution in [-0.4, -0.2) is 37.8 Å². The van der Waals surface area contributed by atoms with Crippen molar-refractivity contribution in [2.24, 2.45) is 0 Å². The molecule has 0 saturated heterocycles. The molecule has 0 aliphatic heterocycles. The summed E-state index contributed by atoms with van der Waals surface area (Å²) in [4.78, 5) is 2.10. The molecule has 0 aromatic heterocycles. The number of aliphatic hydroxyl groups is 1. The van der Waals surface area contributed by atoms with Crippen LogP contribution in [0.5, 0.6) is 5.75 Å². The van der Waals surface area contributed by atoms with Gasteiger partial charge >= 0.3 is 0 Å². The second kappa shape index (κ2) is 5.73. The van der Waals surface area contributed by atoms with Crippen LogP contribution in [0.4, 0.5) is 0 Å². The van der Waals surface area contributed by atoms with E-state index in [-0.39, 0.29) is 6.61 Å². The first-order chi connectivity index (χ1) is 7.17. The lowest BCUT2D eigenvalue weighted by Gasteiger charge is -2.14. The maximum absolute atomic E-state index is 8.88. The predicted octanol–water partition coefficient (Wildman–Crippen LogP) is 1.29. The quantitative estimate of drug-likeness (QED) is 0.793. The Morgan fingerprint density at radius 1 is 1.33 bits per heavy atom. The van der Waals surface area contributed by atoms with Crippen LogP contribution in [0.15, 0.2) is 18.2 Å². The first kappa shape index (κ1) is 12.0. The first-order valence-electron chi connectivity index (χ1n) is 5.08. The van der Waals surface area contributed by atoms with Gasteiger partial charge in [0.2, 0.25) is 0 Å². The fourth-order valence-electron chi connectivity index (χ4n) is 1.58. The largest absolute Gasteiger partial charge is 0.496 e. The molecule has 0 spiro atoms. The molecule has 0 amide bonds. The minimum absolute atomic E-state index is 0.188.